The Bertz CT molecular complexity index is 1500. The van der Waals surface area contributed by atoms with E-state index in [1.165, 1.54) is 19.2 Å². The van der Waals surface area contributed by atoms with Gasteiger partial charge in [0, 0.05) is 21.7 Å². The summed E-state index contributed by atoms with van der Waals surface area (Å²) in [4.78, 5) is 24.7. The molecule has 0 saturated heterocycles. The maximum atomic E-state index is 13.1. The number of amides is 2. The van der Waals surface area contributed by atoms with Crippen molar-refractivity contribution < 1.29 is 19.4 Å². The first kappa shape index (κ1) is 23.7. The summed E-state index contributed by atoms with van der Waals surface area (Å²) in [6.45, 7) is 1.83. The van der Waals surface area contributed by atoms with Gasteiger partial charge >= 0.3 is 0 Å². The van der Waals surface area contributed by atoms with E-state index in [2.05, 4.69) is 15.5 Å². The van der Waals surface area contributed by atoms with Crippen LogP contribution in [0.25, 0.3) is 10.8 Å². The Balaban J connectivity index is 1.81. The minimum atomic E-state index is -0.632. The van der Waals surface area contributed by atoms with Crippen LogP contribution in [0.1, 0.15) is 26.3 Å². The first-order valence-corrected chi connectivity index (χ1v) is 10.9. The number of benzene rings is 4. The Morgan fingerprint density at radius 3 is 2.54 bits per heavy atom. The Hall–Kier alpha value is -4.43. The first-order chi connectivity index (χ1) is 16.8. The topological polar surface area (TPSA) is 126 Å². The first-order valence-electron chi connectivity index (χ1n) is 10.5. The summed E-state index contributed by atoms with van der Waals surface area (Å²) < 4.78 is 5.29. The van der Waals surface area contributed by atoms with Gasteiger partial charge < -0.3 is 20.9 Å². The van der Waals surface area contributed by atoms with Crippen LogP contribution >= 0.6 is 11.6 Å². The zero-order chi connectivity index (χ0) is 25.1. The van der Waals surface area contributed by atoms with Crippen LogP contribution in [0, 0.1) is 6.92 Å². The number of primary amides is 1. The number of nitrogens with zero attached hydrogens (tertiary/aromatic N) is 2. The van der Waals surface area contributed by atoms with Crippen molar-refractivity contribution in [2.75, 3.05) is 12.4 Å². The largest absolute Gasteiger partial charge is 0.505 e. The van der Waals surface area contributed by atoms with Crippen LogP contribution in [0.5, 0.6) is 11.5 Å². The molecule has 0 atom stereocenters. The number of rotatable bonds is 6. The highest BCUT2D eigenvalue weighted by Gasteiger charge is 2.19. The number of hydrogen-bond donors (Lipinski definition) is 3. The molecule has 4 rings (SSSR count). The average Bonchev–Trinajstić information content (AvgIpc) is 2.85. The van der Waals surface area contributed by atoms with Gasteiger partial charge in [-0.3, -0.25) is 9.59 Å². The van der Waals surface area contributed by atoms with Crippen LogP contribution in [0.4, 0.5) is 17.1 Å². The minimum absolute atomic E-state index is 0.00915. The van der Waals surface area contributed by atoms with E-state index in [0.717, 1.165) is 5.56 Å². The van der Waals surface area contributed by atoms with Gasteiger partial charge in [0.05, 0.1) is 12.7 Å². The van der Waals surface area contributed by atoms with Gasteiger partial charge in [0.25, 0.3) is 5.91 Å². The summed E-state index contributed by atoms with van der Waals surface area (Å²) in [6, 6.07) is 18.3. The molecular weight excluding hydrogens is 468 g/mol. The predicted molar refractivity (Wildman–Crippen MR) is 135 cm³/mol. The lowest BCUT2D eigenvalue weighted by Gasteiger charge is -2.13. The van der Waals surface area contributed by atoms with E-state index in [0.29, 0.717) is 27.2 Å². The molecule has 4 aromatic rings. The van der Waals surface area contributed by atoms with Gasteiger partial charge in [-0.25, -0.2) is 0 Å². The minimum Gasteiger partial charge on any atom is -0.505 e. The third-order valence-corrected chi connectivity index (χ3v) is 5.64. The number of carbonyl (C=O) groups is 2. The molecule has 0 aliphatic heterocycles. The number of aryl methyl sites for hydroxylation is 1. The van der Waals surface area contributed by atoms with Gasteiger partial charge in [-0.1, -0.05) is 41.9 Å². The molecule has 4 N–H and O–H groups in total. The fraction of sp³-hybridized carbons (Fsp3) is 0.0769. The van der Waals surface area contributed by atoms with E-state index in [-0.39, 0.29) is 28.3 Å². The number of methoxy groups -OCH3 is 1. The van der Waals surface area contributed by atoms with Gasteiger partial charge in [0.2, 0.25) is 5.91 Å². The number of fused-ring (bicyclic) bond motifs is 1. The summed E-state index contributed by atoms with van der Waals surface area (Å²) in [5.41, 5.74) is 7.25. The molecule has 0 radical (unpaired) electrons. The standard InChI is InChI=1S/C26H21ClN4O4/c1-14-7-9-17(27)13-20(14)29-26(34)19-11-15-5-3-4-6-18(15)23(24(19)32)31-30-21-12-16(25(28)33)8-10-22(21)35-2/h3-13,32H,1-2H3,(H2,28,33)(H,29,34). The Kier molecular flexibility index (Phi) is 6.66. The highest BCUT2D eigenvalue weighted by atomic mass is 35.5. The molecule has 0 unspecified atom stereocenters. The van der Waals surface area contributed by atoms with Gasteiger partial charge in [-0.2, -0.15) is 0 Å². The molecule has 4 aromatic carbocycles. The van der Waals surface area contributed by atoms with Gasteiger partial charge in [-0.15, -0.1) is 10.2 Å². The lowest BCUT2D eigenvalue weighted by atomic mass is 10.0. The number of hydrogen-bond acceptors (Lipinski definition) is 6. The number of nitrogens with two attached hydrogens (primary N) is 1. The number of phenols is 1. The molecule has 0 spiro atoms. The van der Waals surface area contributed by atoms with E-state index < -0.39 is 11.8 Å². The summed E-state index contributed by atoms with van der Waals surface area (Å²) in [7, 11) is 1.45. The van der Waals surface area contributed by atoms with Crippen molar-refractivity contribution in [3.05, 3.63) is 88.4 Å². The van der Waals surface area contributed by atoms with E-state index in [9.17, 15) is 14.7 Å². The number of carbonyl (C=O) groups excluding carboxylic acids is 2. The van der Waals surface area contributed by atoms with Crippen molar-refractivity contribution in [1.82, 2.24) is 0 Å². The van der Waals surface area contributed by atoms with E-state index >= 15 is 0 Å². The predicted octanol–water partition coefficient (Wildman–Crippen LogP) is 6.28. The lowest BCUT2D eigenvalue weighted by Crippen LogP contribution is -2.13. The van der Waals surface area contributed by atoms with Crippen LogP contribution in [0.3, 0.4) is 0 Å². The van der Waals surface area contributed by atoms with Crippen LogP contribution in [-0.2, 0) is 0 Å². The number of aromatic hydroxyl groups is 1. The Morgan fingerprint density at radius 2 is 1.80 bits per heavy atom. The Labute approximate surface area is 206 Å². The molecule has 2 amide bonds. The maximum absolute atomic E-state index is 13.1. The van der Waals surface area contributed by atoms with Crippen molar-refractivity contribution in [3.63, 3.8) is 0 Å². The number of anilines is 1. The lowest BCUT2D eigenvalue weighted by molar-refractivity contribution is 0.0997. The van der Waals surface area contributed by atoms with Crippen molar-refractivity contribution >= 4 is 51.2 Å². The number of nitrogens with one attached hydrogen (secondary N) is 1. The number of halogens is 1. The fourth-order valence-electron chi connectivity index (χ4n) is 3.54. The zero-order valence-corrected chi connectivity index (χ0v) is 19.6. The van der Waals surface area contributed by atoms with Gasteiger partial charge in [0.1, 0.15) is 17.1 Å². The molecular formula is C26H21ClN4O4. The highest BCUT2D eigenvalue weighted by molar-refractivity contribution is 6.31. The van der Waals surface area contributed by atoms with Crippen molar-refractivity contribution in [2.45, 2.75) is 6.92 Å². The van der Waals surface area contributed by atoms with Gasteiger partial charge in [0.15, 0.2) is 5.75 Å². The smallest absolute Gasteiger partial charge is 0.259 e. The molecule has 0 bridgehead atoms. The van der Waals surface area contributed by atoms with Crippen LogP contribution < -0.4 is 15.8 Å². The number of azo groups is 1. The normalized spacial score (nSPS) is 11.1. The Morgan fingerprint density at radius 1 is 1.03 bits per heavy atom. The summed E-state index contributed by atoms with van der Waals surface area (Å²) in [5.74, 6) is -1.17. The molecule has 176 valence electrons. The average molecular weight is 489 g/mol. The second-order valence-corrected chi connectivity index (χ2v) is 8.14. The molecule has 0 saturated carbocycles. The second kappa shape index (κ2) is 9.82. The van der Waals surface area contributed by atoms with Crippen LogP contribution in [0.15, 0.2) is 77.0 Å². The monoisotopic (exact) mass is 488 g/mol. The quantitative estimate of drug-likeness (QED) is 0.276. The van der Waals surface area contributed by atoms with E-state index in [1.807, 2.05) is 13.0 Å². The number of ether oxygens (including phenoxy) is 1. The molecule has 0 aromatic heterocycles. The summed E-state index contributed by atoms with van der Waals surface area (Å²) in [6.07, 6.45) is 0. The summed E-state index contributed by atoms with van der Waals surface area (Å²) in [5, 5.41) is 24.0. The van der Waals surface area contributed by atoms with Crippen molar-refractivity contribution in [2.24, 2.45) is 16.0 Å². The van der Waals surface area contributed by atoms with Gasteiger partial charge in [-0.05, 0) is 54.3 Å². The SMILES string of the molecule is COc1ccc(C(N)=O)cc1N=Nc1c(O)c(C(=O)Nc2cc(Cl)ccc2C)cc2ccccc12. The second-order valence-electron chi connectivity index (χ2n) is 7.71. The summed E-state index contributed by atoms with van der Waals surface area (Å²) >= 11 is 6.07. The van der Waals surface area contributed by atoms with E-state index in [4.69, 9.17) is 22.1 Å². The molecule has 9 heteroatoms. The number of phenolic OH excluding ortho intramolecular Hbond substituents is 1. The van der Waals surface area contributed by atoms with E-state index in [1.54, 1.807) is 48.5 Å². The third kappa shape index (κ3) is 4.92. The third-order valence-electron chi connectivity index (χ3n) is 5.41. The molecule has 0 heterocycles. The van der Waals surface area contributed by atoms with Crippen molar-refractivity contribution in [3.8, 4) is 11.5 Å². The maximum Gasteiger partial charge on any atom is 0.259 e. The molecule has 35 heavy (non-hydrogen) atoms. The molecule has 8 nitrogen and oxygen atoms in total. The molecule has 0 fully saturated rings. The highest BCUT2D eigenvalue weighted by Crippen LogP contribution is 2.40. The molecule has 0 aliphatic carbocycles. The van der Waals surface area contributed by atoms with Crippen molar-refractivity contribution in [1.29, 1.82) is 0 Å². The van der Waals surface area contributed by atoms with Crippen LogP contribution in [-0.4, -0.2) is 24.0 Å². The van der Waals surface area contributed by atoms with Crippen LogP contribution in [0.2, 0.25) is 5.02 Å². The molecule has 0 aliphatic rings. The fourth-order valence-corrected chi connectivity index (χ4v) is 3.71. The zero-order valence-electron chi connectivity index (χ0n) is 18.9.